The Morgan fingerprint density at radius 2 is 1.74 bits per heavy atom. The lowest BCUT2D eigenvalue weighted by molar-refractivity contribution is 0.0944. The first kappa shape index (κ1) is 22.1. The molecule has 1 amide bonds. The van der Waals surface area contributed by atoms with Gasteiger partial charge in [-0.15, -0.1) is 0 Å². The van der Waals surface area contributed by atoms with Gasteiger partial charge in [-0.1, -0.05) is 24.3 Å². The lowest BCUT2D eigenvalue weighted by Crippen LogP contribution is -2.32. The number of pyridine rings is 1. The number of benzene rings is 2. The van der Waals surface area contributed by atoms with E-state index in [2.05, 4.69) is 27.3 Å². The van der Waals surface area contributed by atoms with Crippen LogP contribution in [0, 0.1) is 18.6 Å². The molecular weight excluding hydrogens is 434 g/mol. The zero-order valence-corrected chi connectivity index (χ0v) is 19.0. The van der Waals surface area contributed by atoms with Crippen molar-refractivity contribution in [3.63, 3.8) is 0 Å². The van der Waals surface area contributed by atoms with E-state index in [4.69, 9.17) is 0 Å². The maximum absolute atomic E-state index is 14.0. The number of halogens is 2. The number of fused-ring (bicyclic) bond motifs is 1. The molecule has 1 aliphatic rings. The average molecular weight is 461 g/mol. The highest BCUT2D eigenvalue weighted by molar-refractivity contribution is 5.94. The van der Waals surface area contributed by atoms with Crippen LogP contribution in [0.15, 0.2) is 66.9 Å². The summed E-state index contributed by atoms with van der Waals surface area (Å²) in [7, 11) is 0. The number of rotatable bonds is 5. The maximum Gasteiger partial charge on any atom is 0.270 e. The summed E-state index contributed by atoms with van der Waals surface area (Å²) in [6, 6.07) is 17.9. The Balaban J connectivity index is 1.19. The third-order valence-corrected chi connectivity index (χ3v) is 6.58. The molecule has 0 atom stereocenters. The van der Waals surface area contributed by atoms with Crippen molar-refractivity contribution in [1.82, 2.24) is 14.7 Å². The molecule has 0 unspecified atom stereocenters. The molecule has 4 aromatic rings. The molecule has 1 N–H and O–H groups in total. The van der Waals surface area contributed by atoms with Crippen LogP contribution in [0.4, 0.5) is 14.5 Å². The van der Waals surface area contributed by atoms with Gasteiger partial charge in [0.05, 0.1) is 5.69 Å². The summed E-state index contributed by atoms with van der Waals surface area (Å²) in [6.07, 6.45) is 3.70. The average Bonchev–Trinajstić information content (AvgIpc) is 3.21. The molecule has 0 radical (unpaired) electrons. The van der Waals surface area contributed by atoms with Crippen LogP contribution in [-0.4, -0.2) is 28.4 Å². The summed E-state index contributed by atoms with van der Waals surface area (Å²) in [5, 5.41) is 2.92. The van der Waals surface area contributed by atoms with Crippen LogP contribution in [0.1, 0.15) is 46.1 Å². The van der Waals surface area contributed by atoms with E-state index in [1.165, 1.54) is 28.2 Å². The van der Waals surface area contributed by atoms with Crippen molar-refractivity contribution >= 4 is 17.2 Å². The number of aromatic nitrogens is 2. The van der Waals surface area contributed by atoms with Crippen molar-refractivity contribution in [1.29, 1.82) is 0 Å². The minimum atomic E-state index is -0.457. The molecule has 2 aromatic carbocycles. The van der Waals surface area contributed by atoms with Crippen LogP contribution < -0.4 is 10.2 Å². The number of anilines is 1. The van der Waals surface area contributed by atoms with E-state index in [1.807, 2.05) is 24.3 Å². The monoisotopic (exact) mass is 460 g/mol. The molecule has 0 saturated carbocycles. The number of carbonyl (C=O) groups excluding carboxylic acids is 1. The Kier molecular flexibility index (Phi) is 6.01. The summed E-state index contributed by atoms with van der Waals surface area (Å²) < 4.78 is 28.6. The van der Waals surface area contributed by atoms with Gasteiger partial charge in [0.2, 0.25) is 0 Å². The van der Waals surface area contributed by atoms with Gasteiger partial charge >= 0.3 is 0 Å². The molecule has 1 fully saturated rings. The van der Waals surface area contributed by atoms with Crippen molar-refractivity contribution in [2.75, 3.05) is 18.0 Å². The van der Waals surface area contributed by atoms with Crippen LogP contribution in [0.2, 0.25) is 0 Å². The SMILES string of the molecule is Cc1nc2c(F)cccn2c1C(=O)NCc1ccc(N2CCC(c3ccc(F)cc3)CC2)cc1. The van der Waals surface area contributed by atoms with Crippen LogP contribution in [0.3, 0.4) is 0 Å². The summed E-state index contributed by atoms with van der Waals surface area (Å²) >= 11 is 0. The van der Waals surface area contributed by atoms with Crippen LogP contribution in [0.5, 0.6) is 0 Å². The number of hydrogen-bond acceptors (Lipinski definition) is 3. The number of imidazole rings is 1. The lowest BCUT2D eigenvalue weighted by atomic mass is 9.89. The second kappa shape index (κ2) is 9.25. The first-order valence-corrected chi connectivity index (χ1v) is 11.5. The fourth-order valence-electron chi connectivity index (χ4n) is 4.72. The highest BCUT2D eigenvalue weighted by Crippen LogP contribution is 2.30. The molecule has 1 saturated heterocycles. The topological polar surface area (TPSA) is 49.6 Å². The van der Waals surface area contributed by atoms with Crippen molar-refractivity contribution in [3.05, 3.63) is 101 Å². The first-order chi connectivity index (χ1) is 16.5. The van der Waals surface area contributed by atoms with Crippen molar-refractivity contribution in [2.24, 2.45) is 0 Å². The molecule has 2 aromatic heterocycles. The van der Waals surface area contributed by atoms with Crippen molar-refractivity contribution in [3.8, 4) is 0 Å². The Bertz CT molecular complexity index is 1310. The molecule has 0 bridgehead atoms. The number of nitrogens with one attached hydrogen (secondary N) is 1. The predicted octanol–water partition coefficient (Wildman–Crippen LogP) is 5.23. The number of nitrogens with zero attached hydrogens (tertiary/aromatic N) is 3. The molecule has 34 heavy (non-hydrogen) atoms. The van der Waals surface area contributed by atoms with Crippen LogP contribution in [0.25, 0.3) is 5.65 Å². The molecule has 1 aliphatic heterocycles. The molecule has 0 aliphatic carbocycles. The Morgan fingerprint density at radius 3 is 2.44 bits per heavy atom. The number of aryl methyl sites for hydroxylation is 1. The van der Waals surface area contributed by atoms with Crippen LogP contribution in [-0.2, 0) is 6.54 Å². The summed E-state index contributed by atoms with van der Waals surface area (Å²) in [4.78, 5) is 19.3. The minimum absolute atomic E-state index is 0.151. The molecule has 5 nitrogen and oxygen atoms in total. The number of piperidine rings is 1. The second-order valence-electron chi connectivity index (χ2n) is 8.76. The van der Waals surface area contributed by atoms with E-state index in [0.717, 1.165) is 37.2 Å². The summed E-state index contributed by atoms with van der Waals surface area (Å²) in [6.45, 7) is 3.97. The number of carbonyl (C=O) groups is 1. The van der Waals surface area contributed by atoms with Gasteiger partial charge in [0.15, 0.2) is 11.5 Å². The van der Waals surface area contributed by atoms with Gasteiger partial charge in [-0.3, -0.25) is 9.20 Å². The van der Waals surface area contributed by atoms with E-state index in [-0.39, 0.29) is 17.4 Å². The van der Waals surface area contributed by atoms with E-state index in [9.17, 15) is 13.6 Å². The summed E-state index contributed by atoms with van der Waals surface area (Å²) in [5.74, 6) is -0.479. The van der Waals surface area contributed by atoms with Gasteiger partial charge in [-0.2, -0.15) is 0 Å². The smallest absolute Gasteiger partial charge is 0.270 e. The largest absolute Gasteiger partial charge is 0.371 e. The third kappa shape index (κ3) is 4.38. The Hall–Kier alpha value is -3.74. The number of hydrogen-bond donors (Lipinski definition) is 1. The van der Waals surface area contributed by atoms with Crippen molar-refractivity contribution < 1.29 is 13.6 Å². The number of amides is 1. The quantitative estimate of drug-likeness (QED) is 0.443. The van der Waals surface area contributed by atoms with E-state index in [1.54, 1.807) is 19.2 Å². The van der Waals surface area contributed by atoms with E-state index < -0.39 is 5.82 Å². The van der Waals surface area contributed by atoms with E-state index in [0.29, 0.717) is 23.9 Å². The molecule has 7 heteroatoms. The zero-order valence-electron chi connectivity index (χ0n) is 19.0. The predicted molar refractivity (Wildman–Crippen MR) is 128 cm³/mol. The zero-order chi connectivity index (χ0) is 23.7. The van der Waals surface area contributed by atoms with Gasteiger partial charge in [0.1, 0.15) is 11.5 Å². The van der Waals surface area contributed by atoms with Crippen LogP contribution >= 0.6 is 0 Å². The molecular formula is C27H26F2N4O. The Morgan fingerprint density at radius 1 is 1.03 bits per heavy atom. The highest BCUT2D eigenvalue weighted by atomic mass is 19.1. The second-order valence-corrected chi connectivity index (χ2v) is 8.76. The summed E-state index contributed by atoms with van der Waals surface area (Å²) in [5.41, 5.74) is 4.32. The fraction of sp³-hybridized carbons (Fsp3) is 0.259. The molecule has 5 rings (SSSR count). The maximum atomic E-state index is 14.0. The van der Waals surface area contributed by atoms with Gasteiger partial charge in [-0.25, -0.2) is 13.8 Å². The van der Waals surface area contributed by atoms with Crippen molar-refractivity contribution in [2.45, 2.75) is 32.2 Å². The third-order valence-electron chi connectivity index (χ3n) is 6.58. The minimum Gasteiger partial charge on any atom is -0.371 e. The van der Waals surface area contributed by atoms with E-state index >= 15 is 0 Å². The normalized spacial score (nSPS) is 14.5. The van der Waals surface area contributed by atoms with Gasteiger partial charge in [0.25, 0.3) is 5.91 Å². The Labute approximate surface area is 197 Å². The van der Waals surface area contributed by atoms with Gasteiger partial charge < -0.3 is 10.2 Å². The lowest BCUT2D eigenvalue weighted by Gasteiger charge is -2.34. The van der Waals surface area contributed by atoms with Gasteiger partial charge in [0, 0.05) is 31.5 Å². The fourth-order valence-corrected chi connectivity index (χ4v) is 4.72. The van der Waals surface area contributed by atoms with Gasteiger partial charge in [-0.05, 0) is 73.2 Å². The first-order valence-electron chi connectivity index (χ1n) is 11.5. The molecule has 3 heterocycles. The molecule has 174 valence electrons. The molecule has 0 spiro atoms. The highest BCUT2D eigenvalue weighted by Gasteiger charge is 2.21. The standard InChI is InChI=1S/C27H26F2N4O/c1-18-25(33-14-2-3-24(29)26(33)31-18)27(34)30-17-19-4-10-23(11-5-19)32-15-12-21(13-16-32)20-6-8-22(28)9-7-20/h2-11,14,21H,12-13,15-17H2,1H3,(H,30,34).